The van der Waals surface area contributed by atoms with Crippen LogP contribution < -0.4 is 0 Å². The molecule has 1 N–H and O–H groups in total. The maximum atomic E-state index is 13.5. The molecule has 1 fully saturated rings. The quantitative estimate of drug-likeness (QED) is 0.805. The van der Waals surface area contributed by atoms with Crippen molar-refractivity contribution in [1.82, 2.24) is 5.01 Å². The third kappa shape index (κ3) is 2.41. The third-order valence-electron chi connectivity index (χ3n) is 4.30. The average molecular weight is 330 g/mol. The van der Waals surface area contributed by atoms with Gasteiger partial charge in [-0.1, -0.05) is 12.5 Å². The second-order valence-electron chi connectivity index (χ2n) is 5.74. The van der Waals surface area contributed by atoms with Crippen LogP contribution in [0.5, 0.6) is 0 Å². The van der Waals surface area contributed by atoms with Crippen LogP contribution in [0.15, 0.2) is 29.4 Å². The molecule has 0 spiro atoms. The van der Waals surface area contributed by atoms with Gasteiger partial charge < -0.3 is 5.11 Å². The van der Waals surface area contributed by atoms with Crippen molar-refractivity contribution in [3.05, 3.63) is 35.6 Å². The van der Waals surface area contributed by atoms with Crippen LogP contribution in [0.4, 0.5) is 17.6 Å². The summed E-state index contributed by atoms with van der Waals surface area (Å²) in [6.07, 6.45) is -3.49. The molecule has 23 heavy (non-hydrogen) atoms. The maximum absolute atomic E-state index is 13.5. The summed E-state index contributed by atoms with van der Waals surface area (Å²) in [6.45, 7) is 0. The van der Waals surface area contributed by atoms with Crippen molar-refractivity contribution < 1.29 is 27.5 Å². The van der Waals surface area contributed by atoms with Crippen LogP contribution in [0.2, 0.25) is 0 Å². The van der Waals surface area contributed by atoms with Gasteiger partial charge in [-0.3, -0.25) is 4.79 Å². The van der Waals surface area contributed by atoms with Gasteiger partial charge in [0.1, 0.15) is 5.82 Å². The zero-order valence-electron chi connectivity index (χ0n) is 12.0. The van der Waals surface area contributed by atoms with Crippen LogP contribution in [0.3, 0.4) is 0 Å². The summed E-state index contributed by atoms with van der Waals surface area (Å²) in [6, 6.07) is 4.29. The van der Waals surface area contributed by atoms with E-state index >= 15 is 0 Å². The van der Waals surface area contributed by atoms with Gasteiger partial charge in [0.05, 0.1) is 5.92 Å². The van der Waals surface area contributed by atoms with Crippen LogP contribution in [0.1, 0.15) is 36.0 Å². The monoisotopic (exact) mass is 330 g/mol. The van der Waals surface area contributed by atoms with E-state index in [1.165, 1.54) is 12.1 Å². The van der Waals surface area contributed by atoms with Gasteiger partial charge >= 0.3 is 6.18 Å². The van der Waals surface area contributed by atoms with Crippen molar-refractivity contribution in [2.24, 2.45) is 11.0 Å². The first-order valence-electron chi connectivity index (χ1n) is 7.21. The number of nitrogens with zero attached hydrogens (tertiary/aromatic N) is 2. The van der Waals surface area contributed by atoms with Gasteiger partial charge in [-0.25, -0.2) is 4.39 Å². The van der Waals surface area contributed by atoms with Crippen molar-refractivity contribution in [1.29, 1.82) is 0 Å². The van der Waals surface area contributed by atoms with Crippen molar-refractivity contribution in [2.75, 3.05) is 0 Å². The number of fused-ring (bicyclic) bond motifs is 1. The molecule has 4 nitrogen and oxygen atoms in total. The highest BCUT2D eigenvalue weighted by molar-refractivity contribution is 5.99. The molecular weight excluding hydrogens is 316 g/mol. The summed E-state index contributed by atoms with van der Waals surface area (Å²) in [5.74, 6) is -3.20. The second kappa shape index (κ2) is 5.30. The third-order valence-corrected chi connectivity index (χ3v) is 4.30. The first-order chi connectivity index (χ1) is 10.7. The number of hydrazone groups is 1. The van der Waals surface area contributed by atoms with E-state index in [-0.39, 0.29) is 22.7 Å². The molecule has 0 aromatic heterocycles. The zero-order chi connectivity index (χ0) is 16.8. The highest BCUT2D eigenvalue weighted by atomic mass is 19.4. The topological polar surface area (TPSA) is 52.9 Å². The predicted octanol–water partition coefficient (Wildman–Crippen LogP) is 3.08. The standard InChI is InChI=1S/C15H14F4N2O2/c16-10-5-3-4-9(8-10)13(22)21-14(23,15(17,18)19)11-6-1-2-7-12(11)20-21/h3-5,8,11,23H,1-2,6-7H2. The van der Waals surface area contributed by atoms with Crippen LogP contribution in [0, 0.1) is 11.7 Å². The SMILES string of the molecule is O=C(c1cccc(F)c1)N1N=C2CCCCC2C1(O)C(F)(F)F. The minimum atomic E-state index is -5.07. The Morgan fingerprint density at radius 3 is 2.74 bits per heavy atom. The average Bonchev–Trinajstić information content (AvgIpc) is 2.81. The molecule has 3 rings (SSSR count). The molecule has 124 valence electrons. The fraction of sp³-hybridized carbons (Fsp3) is 0.467. The molecule has 1 aromatic carbocycles. The van der Waals surface area contributed by atoms with Gasteiger partial charge in [-0.05, 0) is 37.5 Å². The van der Waals surface area contributed by atoms with Crippen LogP contribution in [0.25, 0.3) is 0 Å². The van der Waals surface area contributed by atoms with Gasteiger partial charge in [-0.15, -0.1) is 0 Å². The Kier molecular flexibility index (Phi) is 3.66. The predicted molar refractivity (Wildman–Crippen MR) is 73.0 cm³/mol. The Balaban J connectivity index is 2.05. The van der Waals surface area contributed by atoms with Crippen LogP contribution in [-0.2, 0) is 0 Å². The highest BCUT2D eigenvalue weighted by Crippen LogP contribution is 2.48. The smallest absolute Gasteiger partial charge is 0.362 e. The molecule has 1 aliphatic carbocycles. The van der Waals surface area contributed by atoms with Crippen molar-refractivity contribution in [3.63, 3.8) is 0 Å². The Hall–Kier alpha value is -1.96. The number of alkyl halides is 3. The molecule has 1 amide bonds. The summed E-state index contributed by atoms with van der Waals surface area (Å²) in [5, 5.41) is 14.2. The number of carbonyl (C=O) groups excluding carboxylic acids is 1. The zero-order valence-corrected chi connectivity index (χ0v) is 12.0. The lowest BCUT2D eigenvalue weighted by molar-refractivity contribution is -0.312. The van der Waals surface area contributed by atoms with Gasteiger partial charge in [0, 0.05) is 11.3 Å². The van der Waals surface area contributed by atoms with Crippen molar-refractivity contribution in [2.45, 2.75) is 37.6 Å². The Labute approximate surface area is 129 Å². The molecule has 2 atom stereocenters. The van der Waals surface area contributed by atoms with Crippen molar-refractivity contribution in [3.8, 4) is 0 Å². The minimum Gasteiger partial charge on any atom is -0.362 e. The lowest BCUT2D eigenvalue weighted by Gasteiger charge is -2.38. The highest BCUT2D eigenvalue weighted by Gasteiger charge is 2.68. The van der Waals surface area contributed by atoms with E-state index in [4.69, 9.17) is 0 Å². The van der Waals surface area contributed by atoms with E-state index in [0.717, 1.165) is 12.1 Å². The van der Waals surface area contributed by atoms with E-state index in [1.807, 2.05) is 0 Å². The summed E-state index contributed by atoms with van der Waals surface area (Å²) < 4.78 is 53.8. The number of rotatable bonds is 1. The first kappa shape index (κ1) is 15.9. The number of halogens is 4. The first-order valence-corrected chi connectivity index (χ1v) is 7.21. The van der Waals surface area contributed by atoms with Crippen molar-refractivity contribution >= 4 is 11.6 Å². The number of hydrogen-bond acceptors (Lipinski definition) is 3. The molecular formula is C15H14F4N2O2. The number of carbonyl (C=O) groups is 1. The second-order valence-corrected chi connectivity index (χ2v) is 5.74. The fourth-order valence-electron chi connectivity index (χ4n) is 3.16. The summed E-state index contributed by atoms with van der Waals surface area (Å²) in [7, 11) is 0. The van der Waals surface area contributed by atoms with Gasteiger partial charge in [0.15, 0.2) is 0 Å². The molecule has 1 saturated carbocycles. The molecule has 1 heterocycles. The Morgan fingerprint density at radius 1 is 1.35 bits per heavy atom. The normalized spacial score (nSPS) is 27.6. The summed E-state index contributed by atoms with van der Waals surface area (Å²) in [4.78, 5) is 12.4. The molecule has 1 aromatic rings. The summed E-state index contributed by atoms with van der Waals surface area (Å²) in [5.41, 5.74) is -3.51. The lowest BCUT2D eigenvalue weighted by atomic mass is 9.80. The molecule has 2 unspecified atom stereocenters. The lowest BCUT2D eigenvalue weighted by Crippen LogP contribution is -2.61. The molecule has 8 heteroatoms. The maximum Gasteiger partial charge on any atom is 0.439 e. The molecule has 0 radical (unpaired) electrons. The molecule has 0 bridgehead atoms. The largest absolute Gasteiger partial charge is 0.439 e. The van der Waals surface area contributed by atoms with Crippen LogP contribution in [-0.4, -0.2) is 33.6 Å². The van der Waals surface area contributed by atoms with E-state index in [9.17, 15) is 27.5 Å². The number of amides is 1. The summed E-state index contributed by atoms with van der Waals surface area (Å²) >= 11 is 0. The van der Waals surface area contributed by atoms with E-state index < -0.39 is 29.5 Å². The van der Waals surface area contributed by atoms with Gasteiger partial charge in [-0.2, -0.15) is 23.3 Å². The number of aliphatic hydroxyl groups is 1. The van der Waals surface area contributed by atoms with E-state index in [2.05, 4.69) is 5.10 Å². The van der Waals surface area contributed by atoms with Gasteiger partial charge in [0.25, 0.3) is 11.6 Å². The van der Waals surface area contributed by atoms with Gasteiger partial charge in [0.2, 0.25) is 0 Å². The minimum absolute atomic E-state index is 0.0765. The fourth-order valence-corrected chi connectivity index (χ4v) is 3.16. The van der Waals surface area contributed by atoms with E-state index in [0.29, 0.717) is 19.3 Å². The number of benzene rings is 1. The van der Waals surface area contributed by atoms with E-state index in [1.54, 1.807) is 0 Å². The Morgan fingerprint density at radius 2 is 2.09 bits per heavy atom. The van der Waals surface area contributed by atoms with Crippen LogP contribution >= 0.6 is 0 Å². The Bertz CT molecular complexity index is 674. The molecule has 0 saturated heterocycles. The molecule has 1 aliphatic heterocycles. The number of hydrogen-bond donors (Lipinski definition) is 1. The molecule has 2 aliphatic rings.